The summed E-state index contributed by atoms with van der Waals surface area (Å²) in [5, 5.41) is 11.9. The van der Waals surface area contributed by atoms with Gasteiger partial charge >= 0.3 is 0 Å². The van der Waals surface area contributed by atoms with E-state index in [-0.39, 0.29) is 5.78 Å². The lowest BCUT2D eigenvalue weighted by Gasteiger charge is -2.34. The minimum atomic E-state index is -1.03. The third-order valence-corrected chi connectivity index (χ3v) is 1.49. The van der Waals surface area contributed by atoms with E-state index in [1.807, 2.05) is 13.8 Å². The first-order chi connectivity index (χ1) is 4.65. The molecule has 1 rings (SSSR count). The van der Waals surface area contributed by atoms with Crippen LogP contribution in [0.3, 0.4) is 0 Å². The molecule has 60 valence electrons. The Labute approximate surface area is 61.4 Å². The van der Waals surface area contributed by atoms with Crippen molar-refractivity contribution in [3.05, 3.63) is 0 Å². The van der Waals surface area contributed by atoms with Gasteiger partial charge in [-0.05, 0) is 6.92 Å². The van der Waals surface area contributed by atoms with E-state index in [4.69, 9.17) is 5.11 Å². The maximum Gasteiger partial charge on any atom is 0.163 e. The lowest BCUT2D eigenvalue weighted by atomic mass is 9.93. The molecule has 0 bridgehead atoms. The average molecular weight is 145 g/mol. The predicted octanol–water partition coefficient (Wildman–Crippen LogP) is -0.0641. The highest BCUT2D eigenvalue weighted by molar-refractivity contribution is 5.86. The second kappa shape index (κ2) is 3.68. The van der Waals surface area contributed by atoms with E-state index in [0.29, 0.717) is 13.1 Å². The fraction of sp³-hybridized carbons (Fsp3) is 0.857. The molecular formula is C7H15NO2. The Bertz CT molecular complexity index is 119. The summed E-state index contributed by atoms with van der Waals surface area (Å²) in [6.07, 6.45) is 0. The molecule has 0 spiro atoms. The highest BCUT2D eigenvalue weighted by Gasteiger charge is 2.38. The zero-order chi connectivity index (χ0) is 8.20. The van der Waals surface area contributed by atoms with Crippen LogP contribution in [0.4, 0.5) is 0 Å². The number of hydrogen-bond acceptors (Lipinski definition) is 3. The molecule has 1 heterocycles. The molecule has 1 aliphatic heterocycles. The number of ketones is 1. The molecule has 3 heteroatoms. The van der Waals surface area contributed by atoms with Crippen LogP contribution in [-0.2, 0) is 4.79 Å². The first-order valence-corrected chi connectivity index (χ1v) is 3.59. The van der Waals surface area contributed by atoms with Gasteiger partial charge in [0.15, 0.2) is 5.78 Å². The van der Waals surface area contributed by atoms with Crippen LogP contribution in [0.5, 0.6) is 0 Å². The number of nitrogens with one attached hydrogen (secondary N) is 1. The van der Waals surface area contributed by atoms with Gasteiger partial charge in [0.1, 0.15) is 5.60 Å². The largest absolute Gasteiger partial charge is 0.379 e. The predicted molar refractivity (Wildman–Crippen MR) is 39.8 cm³/mol. The molecule has 1 saturated heterocycles. The highest BCUT2D eigenvalue weighted by atomic mass is 16.3. The van der Waals surface area contributed by atoms with Crippen molar-refractivity contribution in [1.29, 1.82) is 0 Å². The van der Waals surface area contributed by atoms with Gasteiger partial charge in [-0.2, -0.15) is 0 Å². The van der Waals surface area contributed by atoms with Crippen LogP contribution in [0.2, 0.25) is 0 Å². The smallest absolute Gasteiger partial charge is 0.163 e. The van der Waals surface area contributed by atoms with Crippen molar-refractivity contribution in [3.8, 4) is 0 Å². The normalized spacial score (nSPS) is 20.0. The van der Waals surface area contributed by atoms with Gasteiger partial charge < -0.3 is 10.4 Å². The standard InChI is InChI=1S/C5H9NO2.C2H6/c1-4(7)5(8)2-6-3-5;1-2/h6,8H,2-3H2,1H3;1-2H3. The first kappa shape index (κ1) is 9.59. The Kier molecular flexibility index (Phi) is 3.53. The molecule has 1 fully saturated rings. The molecule has 0 saturated carbocycles. The summed E-state index contributed by atoms with van der Waals surface area (Å²) in [4.78, 5) is 10.5. The van der Waals surface area contributed by atoms with Gasteiger partial charge in [-0.25, -0.2) is 0 Å². The zero-order valence-corrected chi connectivity index (χ0v) is 6.77. The number of carbonyl (C=O) groups excluding carboxylic acids is 1. The van der Waals surface area contributed by atoms with Crippen molar-refractivity contribution in [3.63, 3.8) is 0 Å². The van der Waals surface area contributed by atoms with Crippen LogP contribution in [0, 0.1) is 0 Å². The van der Waals surface area contributed by atoms with Gasteiger partial charge in [0, 0.05) is 13.1 Å². The Morgan fingerprint density at radius 1 is 1.50 bits per heavy atom. The van der Waals surface area contributed by atoms with Crippen LogP contribution in [0.15, 0.2) is 0 Å². The number of carbonyl (C=O) groups is 1. The molecule has 2 N–H and O–H groups in total. The van der Waals surface area contributed by atoms with Gasteiger partial charge in [-0.15, -0.1) is 0 Å². The molecule has 0 aromatic heterocycles. The molecule has 0 aromatic rings. The monoisotopic (exact) mass is 145 g/mol. The summed E-state index contributed by atoms with van der Waals surface area (Å²) < 4.78 is 0. The lowest BCUT2D eigenvalue weighted by Crippen LogP contribution is -2.63. The van der Waals surface area contributed by atoms with E-state index in [9.17, 15) is 4.79 Å². The van der Waals surface area contributed by atoms with Crippen molar-refractivity contribution in [2.45, 2.75) is 26.4 Å². The van der Waals surface area contributed by atoms with Gasteiger partial charge in [0.2, 0.25) is 0 Å². The summed E-state index contributed by atoms with van der Waals surface area (Å²) >= 11 is 0. The van der Waals surface area contributed by atoms with Crippen molar-refractivity contribution in [2.75, 3.05) is 13.1 Å². The topological polar surface area (TPSA) is 49.3 Å². The first-order valence-electron chi connectivity index (χ1n) is 3.59. The van der Waals surface area contributed by atoms with Crippen LogP contribution >= 0.6 is 0 Å². The number of Topliss-reactive ketones (excluding diaryl/α,β-unsaturated/α-hetero) is 1. The molecule has 3 nitrogen and oxygen atoms in total. The minimum Gasteiger partial charge on any atom is -0.379 e. The third kappa shape index (κ3) is 1.78. The fourth-order valence-electron chi connectivity index (χ4n) is 0.611. The Balaban J connectivity index is 0.000000371. The molecule has 0 radical (unpaired) electrons. The van der Waals surface area contributed by atoms with Gasteiger partial charge in [0.05, 0.1) is 0 Å². The van der Waals surface area contributed by atoms with Gasteiger partial charge in [-0.3, -0.25) is 4.79 Å². The summed E-state index contributed by atoms with van der Waals surface area (Å²) in [7, 11) is 0. The quantitative estimate of drug-likeness (QED) is 0.543. The molecule has 0 amide bonds. The molecule has 1 aliphatic rings. The fourth-order valence-corrected chi connectivity index (χ4v) is 0.611. The zero-order valence-electron chi connectivity index (χ0n) is 6.77. The maximum absolute atomic E-state index is 10.5. The summed E-state index contributed by atoms with van der Waals surface area (Å²) in [6.45, 7) is 6.24. The molecule has 0 atom stereocenters. The van der Waals surface area contributed by atoms with Gasteiger partial charge in [0.25, 0.3) is 0 Å². The SMILES string of the molecule is CC.CC(=O)C1(O)CNC1. The van der Waals surface area contributed by atoms with Crippen molar-refractivity contribution in [1.82, 2.24) is 5.32 Å². The van der Waals surface area contributed by atoms with Crippen LogP contribution < -0.4 is 5.32 Å². The summed E-state index contributed by atoms with van der Waals surface area (Å²) in [5.74, 6) is -0.142. The van der Waals surface area contributed by atoms with Crippen LogP contribution in [-0.4, -0.2) is 29.6 Å². The lowest BCUT2D eigenvalue weighted by molar-refractivity contribution is -0.139. The summed E-state index contributed by atoms with van der Waals surface area (Å²) in [5.41, 5.74) is -1.03. The van der Waals surface area contributed by atoms with Crippen LogP contribution in [0.25, 0.3) is 0 Å². The van der Waals surface area contributed by atoms with Crippen molar-refractivity contribution in [2.24, 2.45) is 0 Å². The third-order valence-electron chi connectivity index (χ3n) is 1.49. The van der Waals surface area contributed by atoms with Crippen LogP contribution in [0.1, 0.15) is 20.8 Å². The maximum atomic E-state index is 10.5. The Morgan fingerprint density at radius 2 is 1.90 bits per heavy atom. The molecule has 0 aliphatic carbocycles. The molecule has 10 heavy (non-hydrogen) atoms. The molecular weight excluding hydrogens is 130 g/mol. The summed E-state index contributed by atoms with van der Waals surface area (Å²) in [6, 6.07) is 0. The number of rotatable bonds is 1. The van der Waals surface area contributed by atoms with E-state index in [1.165, 1.54) is 6.92 Å². The van der Waals surface area contributed by atoms with Crippen molar-refractivity contribution >= 4 is 5.78 Å². The Hall–Kier alpha value is -0.410. The average Bonchev–Trinajstić information content (AvgIpc) is 1.87. The highest BCUT2D eigenvalue weighted by Crippen LogP contribution is 2.10. The van der Waals surface area contributed by atoms with E-state index in [2.05, 4.69) is 5.32 Å². The van der Waals surface area contributed by atoms with E-state index in [0.717, 1.165) is 0 Å². The second-order valence-corrected chi connectivity index (χ2v) is 2.19. The number of aliphatic hydroxyl groups is 1. The molecule has 0 aromatic carbocycles. The molecule has 0 unspecified atom stereocenters. The van der Waals surface area contributed by atoms with E-state index < -0.39 is 5.60 Å². The van der Waals surface area contributed by atoms with Gasteiger partial charge in [-0.1, -0.05) is 13.8 Å². The second-order valence-electron chi connectivity index (χ2n) is 2.19. The number of hydrogen-bond donors (Lipinski definition) is 2. The minimum absolute atomic E-state index is 0.142. The van der Waals surface area contributed by atoms with Crippen molar-refractivity contribution < 1.29 is 9.90 Å². The number of β-amino-alcohol motifs (C(OH)–C–C–N with tert-alkyl or cyclic N) is 1. The van der Waals surface area contributed by atoms with E-state index >= 15 is 0 Å². The van der Waals surface area contributed by atoms with E-state index in [1.54, 1.807) is 0 Å². The Morgan fingerprint density at radius 3 is 1.90 bits per heavy atom.